The molecule has 21 heavy (non-hydrogen) atoms. The van der Waals surface area contributed by atoms with Crippen molar-refractivity contribution < 1.29 is 9.53 Å². The van der Waals surface area contributed by atoms with Crippen LogP contribution in [0.4, 0.5) is 0 Å². The number of fused-ring (bicyclic) bond motifs is 3. The van der Waals surface area contributed by atoms with Crippen molar-refractivity contribution in [3.8, 4) is 0 Å². The van der Waals surface area contributed by atoms with Crippen LogP contribution in [0.1, 0.15) is 12.5 Å². The largest absolute Gasteiger partial charge is 0.458 e. The Morgan fingerprint density at radius 3 is 2.71 bits per heavy atom. The Balaban J connectivity index is 2.10. The fourth-order valence-corrected chi connectivity index (χ4v) is 2.74. The number of benzene rings is 2. The molecule has 3 heteroatoms. The number of ether oxygens (including phenoxy) is 1. The van der Waals surface area contributed by atoms with Gasteiger partial charge in [-0.05, 0) is 30.7 Å². The SMILES string of the molecule is C=CC(=O)OCc1ccc2c(c1)c1ccccc1n2CC. The number of aryl methyl sites for hydroxylation is 1. The molecule has 3 nitrogen and oxygen atoms in total. The summed E-state index contributed by atoms with van der Waals surface area (Å²) in [5.74, 6) is -0.397. The van der Waals surface area contributed by atoms with Gasteiger partial charge in [0.25, 0.3) is 0 Å². The van der Waals surface area contributed by atoms with E-state index >= 15 is 0 Å². The second-order valence-corrected chi connectivity index (χ2v) is 4.92. The first-order valence-electron chi connectivity index (χ1n) is 7.03. The fraction of sp³-hybridized carbons (Fsp3) is 0.167. The van der Waals surface area contributed by atoms with Crippen molar-refractivity contribution in [1.29, 1.82) is 0 Å². The highest BCUT2D eigenvalue weighted by molar-refractivity contribution is 6.08. The number of para-hydroxylation sites is 1. The number of carbonyl (C=O) groups is 1. The number of aromatic nitrogens is 1. The van der Waals surface area contributed by atoms with E-state index in [0.29, 0.717) is 0 Å². The van der Waals surface area contributed by atoms with E-state index in [-0.39, 0.29) is 6.61 Å². The second kappa shape index (κ2) is 5.44. The van der Waals surface area contributed by atoms with Crippen molar-refractivity contribution in [2.24, 2.45) is 0 Å². The highest BCUT2D eigenvalue weighted by Gasteiger charge is 2.09. The molecule has 0 N–H and O–H groups in total. The average molecular weight is 279 g/mol. The summed E-state index contributed by atoms with van der Waals surface area (Å²) in [5.41, 5.74) is 3.42. The van der Waals surface area contributed by atoms with Crippen LogP contribution in [0, 0.1) is 0 Å². The van der Waals surface area contributed by atoms with Crippen LogP contribution in [0.2, 0.25) is 0 Å². The van der Waals surface area contributed by atoms with Gasteiger partial charge in [0.05, 0.1) is 0 Å². The van der Waals surface area contributed by atoms with E-state index in [1.54, 1.807) is 0 Å². The first-order valence-corrected chi connectivity index (χ1v) is 7.03. The number of hydrogen-bond acceptors (Lipinski definition) is 2. The average Bonchev–Trinajstić information content (AvgIpc) is 2.85. The minimum absolute atomic E-state index is 0.270. The van der Waals surface area contributed by atoms with Gasteiger partial charge in [-0.15, -0.1) is 0 Å². The predicted molar refractivity (Wildman–Crippen MR) is 85.1 cm³/mol. The number of esters is 1. The molecule has 0 saturated heterocycles. The van der Waals surface area contributed by atoms with Crippen LogP contribution in [-0.4, -0.2) is 10.5 Å². The summed E-state index contributed by atoms with van der Waals surface area (Å²) in [6.07, 6.45) is 1.18. The van der Waals surface area contributed by atoms with Gasteiger partial charge in [-0.25, -0.2) is 4.79 Å². The van der Waals surface area contributed by atoms with Crippen LogP contribution < -0.4 is 0 Å². The highest BCUT2D eigenvalue weighted by atomic mass is 16.5. The molecule has 0 spiro atoms. The number of nitrogens with zero attached hydrogens (tertiary/aromatic N) is 1. The van der Waals surface area contributed by atoms with Crippen LogP contribution >= 0.6 is 0 Å². The van der Waals surface area contributed by atoms with Crippen LogP contribution in [0.5, 0.6) is 0 Å². The Kier molecular flexibility index (Phi) is 3.48. The molecule has 0 atom stereocenters. The van der Waals surface area contributed by atoms with Crippen molar-refractivity contribution in [3.63, 3.8) is 0 Å². The van der Waals surface area contributed by atoms with Crippen LogP contribution in [0.25, 0.3) is 21.8 Å². The first-order chi connectivity index (χ1) is 10.2. The number of rotatable bonds is 4. The van der Waals surface area contributed by atoms with E-state index < -0.39 is 5.97 Å². The molecule has 106 valence electrons. The third-order valence-electron chi connectivity index (χ3n) is 3.70. The zero-order valence-electron chi connectivity index (χ0n) is 12.0. The molecule has 1 heterocycles. The summed E-state index contributed by atoms with van der Waals surface area (Å²) >= 11 is 0. The smallest absolute Gasteiger partial charge is 0.330 e. The molecular weight excluding hydrogens is 262 g/mol. The number of carbonyl (C=O) groups excluding carboxylic acids is 1. The molecule has 0 amide bonds. The van der Waals surface area contributed by atoms with E-state index in [4.69, 9.17) is 4.74 Å². The molecule has 0 aliphatic heterocycles. The molecule has 2 aromatic carbocycles. The van der Waals surface area contributed by atoms with Crippen molar-refractivity contribution in [3.05, 3.63) is 60.7 Å². The second-order valence-electron chi connectivity index (χ2n) is 4.92. The van der Waals surface area contributed by atoms with Gasteiger partial charge in [0.2, 0.25) is 0 Å². The Morgan fingerprint density at radius 1 is 1.19 bits per heavy atom. The lowest BCUT2D eigenvalue weighted by Crippen LogP contribution is -2.00. The van der Waals surface area contributed by atoms with Crippen molar-refractivity contribution in [1.82, 2.24) is 4.57 Å². The maximum absolute atomic E-state index is 11.2. The standard InChI is InChI=1S/C18H17NO2/c1-3-18(20)21-12-13-9-10-17-15(11-13)14-7-5-6-8-16(14)19(17)4-2/h3,5-11H,1,4,12H2,2H3. The number of hydrogen-bond donors (Lipinski definition) is 0. The predicted octanol–water partition coefficient (Wildman–Crippen LogP) is 4.04. The maximum Gasteiger partial charge on any atom is 0.330 e. The normalized spacial score (nSPS) is 10.9. The Hall–Kier alpha value is -2.55. The monoisotopic (exact) mass is 279 g/mol. The van der Waals surface area contributed by atoms with Gasteiger partial charge in [-0.3, -0.25) is 0 Å². The lowest BCUT2D eigenvalue weighted by Gasteiger charge is -2.05. The molecular formula is C18H17NO2. The van der Waals surface area contributed by atoms with Gasteiger partial charge in [0, 0.05) is 34.4 Å². The molecule has 0 unspecified atom stereocenters. The minimum atomic E-state index is -0.397. The third-order valence-corrected chi connectivity index (χ3v) is 3.70. The van der Waals surface area contributed by atoms with Crippen molar-refractivity contribution in [2.75, 3.05) is 0 Å². The van der Waals surface area contributed by atoms with Gasteiger partial charge in [0.1, 0.15) is 6.61 Å². The molecule has 3 rings (SSSR count). The fourth-order valence-electron chi connectivity index (χ4n) is 2.74. The molecule has 0 bridgehead atoms. The summed E-state index contributed by atoms with van der Waals surface area (Å²) < 4.78 is 7.40. The summed E-state index contributed by atoms with van der Waals surface area (Å²) in [5, 5.41) is 2.42. The molecule has 1 aromatic heterocycles. The van der Waals surface area contributed by atoms with Crippen LogP contribution in [0.3, 0.4) is 0 Å². The Labute approximate surface area is 123 Å². The minimum Gasteiger partial charge on any atom is -0.458 e. The zero-order valence-corrected chi connectivity index (χ0v) is 12.0. The van der Waals surface area contributed by atoms with E-state index in [1.165, 1.54) is 27.9 Å². The van der Waals surface area contributed by atoms with Crippen LogP contribution in [-0.2, 0) is 22.7 Å². The molecule has 3 aromatic rings. The maximum atomic E-state index is 11.2. The van der Waals surface area contributed by atoms with Crippen molar-refractivity contribution in [2.45, 2.75) is 20.1 Å². The quantitative estimate of drug-likeness (QED) is 0.533. The molecule has 0 saturated carbocycles. The van der Waals surface area contributed by atoms with E-state index in [9.17, 15) is 4.79 Å². The van der Waals surface area contributed by atoms with Crippen LogP contribution in [0.15, 0.2) is 55.1 Å². The van der Waals surface area contributed by atoms with Crippen molar-refractivity contribution >= 4 is 27.8 Å². The molecule has 0 radical (unpaired) electrons. The van der Waals surface area contributed by atoms with Gasteiger partial charge >= 0.3 is 5.97 Å². The molecule has 0 aliphatic carbocycles. The lowest BCUT2D eigenvalue weighted by atomic mass is 10.1. The first kappa shape index (κ1) is 13.4. The summed E-state index contributed by atoms with van der Waals surface area (Å²) in [7, 11) is 0. The van der Waals surface area contributed by atoms with Gasteiger partial charge in [0.15, 0.2) is 0 Å². The van der Waals surface area contributed by atoms with E-state index in [1.807, 2.05) is 12.1 Å². The molecule has 0 aliphatic rings. The Morgan fingerprint density at radius 2 is 1.95 bits per heavy atom. The third kappa shape index (κ3) is 2.31. The highest BCUT2D eigenvalue weighted by Crippen LogP contribution is 2.29. The topological polar surface area (TPSA) is 31.2 Å². The lowest BCUT2D eigenvalue weighted by molar-refractivity contribution is -0.138. The van der Waals surface area contributed by atoms with Gasteiger partial charge < -0.3 is 9.30 Å². The summed E-state index contributed by atoms with van der Waals surface area (Å²) in [4.78, 5) is 11.2. The van der Waals surface area contributed by atoms with Gasteiger partial charge in [-0.1, -0.05) is 30.8 Å². The zero-order chi connectivity index (χ0) is 14.8. The summed E-state index contributed by atoms with van der Waals surface area (Å²) in [6.45, 7) is 6.74. The summed E-state index contributed by atoms with van der Waals surface area (Å²) in [6, 6.07) is 14.6. The Bertz CT molecular complexity index is 830. The van der Waals surface area contributed by atoms with E-state index in [0.717, 1.165) is 12.1 Å². The van der Waals surface area contributed by atoms with E-state index in [2.05, 4.69) is 48.4 Å². The molecule has 0 fully saturated rings. The van der Waals surface area contributed by atoms with Gasteiger partial charge in [-0.2, -0.15) is 0 Å².